The van der Waals surface area contributed by atoms with Crippen LogP contribution >= 0.6 is 11.6 Å². The van der Waals surface area contributed by atoms with E-state index >= 15 is 0 Å². The van der Waals surface area contributed by atoms with Gasteiger partial charge in [-0.05, 0) is 44.2 Å². The maximum atomic E-state index is 6.36. The number of halogens is 1. The number of nitrogens with zero attached hydrogens (tertiary/aromatic N) is 4. The normalized spacial score (nSPS) is 11.0. The van der Waals surface area contributed by atoms with Crippen molar-refractivity contribution in [1.82, 2.24) is 19.6 Å². The third-order valence-corrected chi connectivity index (χ3v) is 5.65. The average molecular weight is 423 g/mol. The average Bonchev–Trinajstić information content (AvgIpc) is 3.30. The Morgan fingerprint density at radius 3 is 2.03 bits per heavy atom. The van der Waals surface area contributed by atoms with Gasteiger partial charge in [-0.15, -0.1) is 0 Å². The van der Waals surface area contributed by atoms with Crippen molar-refractivity contribution in [2.45, 2.75) is 20.5 Å². The lowest BCUT2D eigenvalue weighted by atomic mass is 10.1. The van der Waals surface area contributed by atoms with Crippen LogP contribution in [0.25, 0.3) is 22.5 Å². The van der Waals surface area contributed by atoms with Gasteiger partial charge in [0.1, 0.15) is 18.2 Å². The van der Waals surface area contributed by atoms with Crippen molar-refractivity contribution in [3.05, 3.63) is 71.0 Å². The lowest BCUT2D eigenvalue weighted by Crippen LogP contribution is -2.13. The van der Waals surface area contributed by atoms with Crippen LogP contribution in [0.3, 0.4) is 0 Å². The number of hydrogen-bond donors (Lipinski definition) is 0. The van der Waals surface area contributed by atoms with Crippen LogP contribution in [0.1, 0.15) is 11.4 Å². The first kappa shape index (κ1) is 20.0. The lowest BCUT2D eigenvalue weighted by molar-refractivity contribution is 0.415. The molecule has 4 aromatic rings. The zero-order valence-electron chi connectivity index (χ0n) is 17.4. The highest BCUT2D eigenvalue weighted by Crippen LogP contribution is 2.35. The number of aromatic nitrogens is 4. The third kappa shape index (κ3) is 3.55. The van der Waals surface area contributed by atoms with Gasteiger partial charge >= 0.3 is 0 Å². The molecule has 0 N–H and O–H groups in total. The molecule has 4 rings (SSSR count). The first-order valence-corrected chi connectivity index (χ1v) is 9.95. The lowest BCUT2D eigenvalue weighted by Gasteiger charge is -2.12. The molecule has 0 amide bonds. The summed E-state index contributed by atoms with van der Waals surface area (Å²) in [6.07, 6.45) is 0. The number of methoxy groups -OCH3 is 2. The first-order valence-electron chi connectivity index (χ1n) is 9.57. The second kappa shape index (κ2) is 8.24. The second-order valence-electron chi connectivity index (χ2n) is 6.94. The molecule has 0 radical (unpaired) electrons. The van der Waals surface area contributed by atoms with Gasteiger partial charge in [0, 0.05) is 11.1 Å². The van der Waals surface area contributed by atoms with E-state index in [0.29, 0.717) is 11.7 Å². The van der Waals surface area contributed by atoms with E-state index in [2.05, 4.69) is 5.10 Å². The maximum absolute atomic E-state index is 6.36. The molecule has 6 nitrogen and oxygen atoms in total. The van der Waals surface area contributed by atoms with Crippen LogP contribution in [0.4, 0.5) is 0 Å². The van der Waals surface area contributed by atoms with Crippen molar-refractivity contribution < 1.29 is 9.47 Å². The molecule has 0 fully saturated rings. The van der Waals surface area contributed by atoms with E-state index in [-0.39, 0.29) is 0 Å². The number of hydrogen-bond acceptors (Lipinski definition) is 4. The first-order chi connectivity index (χ1) is 14.5. The van der Waals surface area contributed by atoms with E-state index in [1.807, 2.05) is 77.8 Å². The molecule has 0 spiro atoms. The largest absolute Gasteiger partial charge is 0.496 e. The summed E-state index contributed by atoms with van der Waals surface area (Å²) in [5.74, 6) is 1.54. The van der Waals surface area contributed by atoms with E-state index < -0.39 is 0 Å². The van der Waals surface area contributed by atoms with Crippen LogP contribution in [-0.4, -0.2) is 33.8 Å². The van der Waals surface area contributed by atoms with Crippen LogP contribution < -0.4 is 9.47 Å². The summed E-state index contributed by atoms with van der Waals surface area (Å²) in [6, 6.07) is 17.8. The molecule has 0 saturated carbocycles. The molecule has 2 aromatic heterocycles. The van der Waals surface area contributed by atoms with Gasteiger partial charge in [0.25, 0.3) is 0 Å². The van der Waals surface area contributed by atoms with E-state index in [1.54, 1.807) is 14.2 Å². The maximum Gasteiger partial charge on any atom is 0.134 e. The van der Waals surface area contributed by atoms with E-state index in [1.165, 1.54) is 0 Å². The smallest absolute Gasteiger partial charge is 0.134 e. The molecule has 7 heteroatoms. The summed E-state index contributed by atoms with van der Waals surface area (Å²) in [6.45, 7) is 4.27. The molecule has 0 saturated heterocycles. The fourth-order valence-corrected chi connectivity index (χ4v) is 3.66. The molecule has 154 valence electrons. The molecule has 0 aliphatic rings. The number of para-hydroxylation sites is 2. The van der Waals surface area contributed by atoms with Gasteiger partial charge in [0.05, 0.1) is 42.0 Å². The quantitative estimate of drug-likeness (QED) is 0.428. The Morgan fingerprint density at radius 2 is 1.43 bits per heavy atom. The van der Waals surface area contributed by atoms with Gasteiger partial charge in [0.15, 0.2) is 0 Å². The Labute approximate surface area is 180 Å². The molecule has 2 heterocycles. The summed E-state index contributed by atoms with van der Waals surface area (Å²) in [7, 11) is 3.33. The molecular weight excluding hydrogens is 400 g/mol. The predicted octanol–water partition coefficient (Wildman–Crippen LogP) is 5.21. The number of benzene rings is 2. The second-order valence-corrected chi connectivity index (χ2v) is 7.32. The van der Waals surface area contributed by atoms with Gasteiger partial charge in [0.2, 0.25) is 0 Å². The summed E-state index contributed by atoms with van der Waals surface area (Å²) < 4.78 is 14.9. The van der Waals surface area contributed by atoms with E-state index in [0.717, 1.165) is 45.4 Å². The molecule has 0 atom stereocenters. The zero-order chi connectivity index (χ0) is 21.3. The predicted molar refractivity (Wildman–Crippen MR) is 118 cm³/mol. The minimum Gasteiger partial charge on any atom is -0.496 e. The van der Waals surface area contributed by atoms with Crippen LogP contribution in [0.5, 0.6) is 11.5 Å². The van der Waals surface area contributed by atoms with Crippen LogP contribution in [-0.2, 0) is 6.67 Å². The zero-order valence-corrected chi connectivity index (χ0v) is 18.1. The molecule has 0 aliphatic heterocycles. The molecule has 2 aromatic carbocycles. The van der Waals surface area contributed by atoms with Crippen molar-refractivity contribution in [2.75, 3.05) is 14.2 Å². The Balaban J connectivity index is 1.89. The summed E-state index contributed by atoms with van der Waals surface area (Å²) in [5, 5.41) is 10.1. The molecule has 0 aliphatic carbocycles. The van der Waals surface area contributed by atoms with Crippen LogP contribution in [0.2, 0.25) is 5.02 Å². The van der Waals surface area contributed by atoms with Gasteiger partial charge < -0.3 is 9.47 Å². The van der Waals surface area contributed by atoms with Gasteiger partial charge in [-0.1, -0.05) is 35.9 Å². The van der Waals surface area contributed by atoms with Crippen LogP contribution in [0.15, 0.2) is 54.6 Å². The van der Waals surface area contributed by atoms with Crippen molar-refractivity contribution in [3.8, 4) is 34.0 Å². The third-order valence-electron chi connectivity index (χ3n) is 5.11. The highest BCUT2D eigenvalue weighted by Gasteiger charge is 2.18. The standard InChI is InChI=1S/C23H23ClN4O2/c1-15-23(24)16(2)27(25-15)14-28-20(18-10-6-8-12-22(18)30-4)13-19(26-28)17-9-5-7-11-21(17)29-3/h5-13H,14H2,1-4H3. The Bertz CT molecular complexity index is 1200. The van der Waals surface area contributed by atoms with Crippen molar-refractivity contribution in [2.24, 2.45) is 0 Å². The summed E-state index contributed by atoms with van der Waals surface area (Å²) >= 11 is 6.36. The summed E-state index contributed by atoms with van der Waals surface area (Å²) in [5.41, 5.74) is 5.28. The molecule has 0 unspecified atom stereocenters. The number of rotatable bonds is 6. The molecule has 30 heavy (non-hydrogen) atoms. The Hall–Kier alpha value is -3.25. The number of ether oxygens (including phenoxy) is 2. The topological polar surface area (TPSA) is 54.1 Å². The van der Waals surface area contributed by atoms with E-state index in [4.69, 9.17) is 26.2 Å². The fraction of sp³-hybridized carbons (Fsp3) is 0.217. The number of aryl methyl sites for hydroxylation is 1. The van der Waals surface area contributed by atoms with Crippen molar-refractivity contribution >= 4 is 11.6 Å². The summed E-state index contributed by atoms with van der Waals surface area (Å²) in [4.78, 5) is 0. The van der Waals surface area contributed by atoms with Crippen molar-refractivity contribution in [1.29, 1.82) is 0 Å². The van der Waals surface area contributed by atoms with Gasteiger partial charge in [-0.25, -0.2) is 9.36 Å². The highest BCUT2D eigenvalue weighted by atomic mass is 35.5. The van der Waals surface area contributed by atoms with Gasteiger partial charge in [-0.3, -0.25) is 0 Å². The molecular formula is C23H23ClN4O2. The highest BCUT2D eigenvalue weighted by molar-refractivity contribution is 6.31. The minimum atomic E-state index is 0.419. The monoisotopic (exact) mass is 422 g/mol. The fourth-order valence-electron chi connectivity index (χ4n) is 3.53. The molecule has 0 bridgehead atoms. The minimum absolute atomic E-state index is 0.419. The van der Waals surface area contributed by atoms with Gasteiger partial charge in [-0.2, -0.15) is 10.2 Å². The van der Waals surface area contributed by atoms with Crippen molar-refractivity contribution in [3.63, 3.8) is 0 Å². The Kier molecular flexibility index (Phi) is 5.50. The Morgan fingerprint density at radius 1 is 0.833 bits per heavy atom. The van der Waals surface area contributed by atoms with E-state index in [9.17, 15) is 0 Å². The SMILES string of the molecule is COc1ccccc1-c1cc(-c2ccccc2OC)n(Cn2nc(C)c(Cl)c2C)n1. The van der Waals surface area contributed by atoms with Crippen LogP contribution in [0, 0.1) is 13.8 Å².